The summed E-state index contributed by atoms with van der Waals surface area (Å²) in [5, 5.41) is 3.80. The fourth-order valence-electron chi connectivity index (χ4n) is 3.27. The molecule has 0 bridgehead atoms. The van der Waals surface area contributed by atoms with Gasteiger partial charge in [-0.05, 0) is 61.7 Å². The number of carbonyl (C=O) groups is 2. The van der Waals surface area contributed by atoms with Crippen LogP contribution in [0.3, 0.4) is 0 Å². The van der Waals surface area contributed by atoms with Crippen molar-refractivity contribution in [1.29, 1.82) is 0 Å². The molecule has 1 N–H and O–H groups in total. The molecule has 2 aromatic rings. The molecule has 0 radical (unpaired) electrons. The van der Waals surface area contributed by atoms with Crippen molar-refractivity contribution in [3.63, 3.8) is 0 Å². The zero-order valence-corrected chi connectivity index (χ0v) is 20.2. The topological polar surface area (TPSA) is 67.9 Å². The van der Waals surface area contributed by atoms with E-state index in [0.717, 1.165) is 11.3 Å². The summed E-state index contributed by atoms with van der Waals surface area (Å²) < 4.78 is 10.8. The van der Waals surface area contributed by atoms with Crippen molar-refractivity contribution in [2.45, 2.75) is 45.7 Å². The van der Waals surface area contributed by atoms with Crippen molar-refractivity contribution >= 4 is 35.0 Å². The van der Waals surface area contributed by atoms with Gasteiger partial charge in [0, 0.05) is 29.6 Å². The molecule has 0 saturated heterocycles. The van der Waals surface area contributed by atoms with Crippen LogP contribution in [0.25, 0.3) is 0 Å². The van der Waals surface area contributed by atoms with Gasteiger partial charge in [-0.3, -0.25) is 9.59 Å². The van der Waals surface area contributed by atoms with Gasteiger partial charge < -0.3 is 19.7 Å². The van der Waals surface area contributed by atoms with Crippen molar-refractivity contribution in [3.05, 3.63) is 58.1 Å². The Kier molecular flexibility index (Phi) is 10.6. The van der Waals surface area contributed by atoms with Gasteiger partial charge in [0.25, 0.3) is 0 Å². The molecule has 0 aliphatic carbocycles. The lowest BCUT2D eigenvalue weighted by atomic mass is 10.1. The minimum absolute atomic E-state index is 0.132. The third kappa shape index (κ3) is 7.61. The maximum atomic E-state index is 13.1. The maximum Gasteiger partial charge on any atom is 0.242 e. The van der Waals surface area contributed by atoms with E-state index in [2.05, 4.69) is 5.32 Å². The van der Waals surface area contributed by atoms with E-state index in [-0.39, 0.29) is 24.8 Å². The van der Waals surface area contributed by atoms with Gasteiger partial charge in [0.2, 0.25) is 11.8 Å². The monoisotopic (exact) mass is 480 g/mol. The number of carbonyl (C=O) groups excluding carboxylic acids is 2. The Bertz CT molecular complexity index is 890. The van der Waals surface area contributed by atoms with Crippen LogP contribution in [0.4, 0.5) is 0 Å². The fraction of sp³-hybridized carbons (Fsp3) is 0.417. The average molecular weight is 481 g/mol. The second-order valence-electron chi connectivity index (χ2n) is 7.20. The molecule has 6 nitrogen and oxygen atoms in total. The van der Waals surface area contributed by atoms with Crippen LogP contribution in [0.15, 0.2) is 42.5 Å². The Labute approximate surface area is 199 Å². The number of amides is 2. The van der Waals surface area contributed by atoms with Gasteiger partial charge in [0.15, 0.2) is 0 Å². The zero-order valence-electron chi connectivity index (χ0n) is 18.7. The van der Waals surface area contributed by atoms with Crippen LogP contribution in [0, 0.1) is 0 Å². The van der Waals surface area contributed by atoms with Crippen molar-refractivity contribution in [3.8, 4) is 11.5 Å². The lowest BCUT2D eigenvalue weighted by molar-refractivity contribution is -0.141. The second kappa shape index (κ2) is 13.2. The Morgan fingerprint density at radius 3 is 2.34 bits per heavy atom. The molecule has 2 amide bonds. The predicted molar refractivity (Wildman–Crippen MR) is 127 cm³/mol. The number of likely N-dealkylation sites (N-methyl/N-ethyl adjacent to an activating group) is 1. The molecular weight excluding hydrogens is 451 g/mol. The number of nitrogens with zero attached hydrogens (tertiary/aromatic N) is 1. The van der Waals surface area contributed by atoms with Crippen LogP contribution in [0.2, 0.25) is 10.0 Å². The van der Waals surface area contributed by atoms with Crippen molar-refractivity contribution < 1.29 is 19.1 Å². The first kappa shape index (κ1) is 25.8. The molecule has 2 aromatic carbocycles. The number of ether oxygens (including phenoxy) is 2. The quantitative estimate of drug-likeness (QED) is 0.428. The van der Waals surface area contributed by atoms with Gasteiger partial charge in [-0.15, -0.1) is 0 Å². The van der Waals surface area contributed by atoms with E-state index in [1.807, 2.05) is 38.1 Å². The van der Waals surface area contributed by atoms with E-state index < -0.39 is 6.04 Å². The molecule has 1 atom stereocenters. The first-order valence-electron chi connectivity index (χ1n) is 10.7. The first-order valence-corrected chi connectivity index (χ1v) is 11.4. The summed E-state index contributed by atoms with van der Waals surface area (Å²) in [5.74, 6) is 1.15. The molecule has 32 heavy (non-hydrogen) atoms. The second-order valence-corrected chi connectivity index (χ2v) is 8.05. The fourth-order valence-corrected chi connectivity index (χ4v) is 3.74. The van der Waals surface area contributed by atoms with E-state index in [1.54, 1.807) is 30.2 Å². The average Bonchev–Trinajstić information content (AvgIpc) is 2.78. The highest BCUT2D eigenvalue weighted by atomic mass is 35.5. The minimum Gasteiger partial charge on any atom is -0.497 e. The Hall–Kier alpha value is -2.44. The molecule has 0 aliphatic heterocycles. The smallest absolute Gasteiger partial charge is 0.242 e. The number of rotatable bonds is 12. The minimum atomic E-state index is -0.586. The Morgan fingerprint density at radius 1 is 1.06 bits per heavy atom. The molecular formula is C24H30Cl2N2O4. The Balaban J connectivity index is 2.05. The van der Waals surface area contributed by atoms with Gasteiger partial charge in [-0.2, -0.15) is 0 Å². The first-order chi connectivity index (χ1) is 15.4. The summed E-state index contributed by atoms with van der Waals surface area (Å²) in [6.07, 6.45) is 1.25. The Morgan fingerprint density at radius 2 is 1.75 bits per heavy atom. The summed E-state index contributed by atoms with van der Waals surface area (Å²) in [4.78, 5) is 27.3. The van der Waals surface area contributed by atoms with Gasteiger partial charge in [-0.1, -0.05) is 36.2 Å². The van der Waals surface area contributed by atoms with Gasteiger partial charge in [-0.25, -0.2) is 0 Å². The normalized spacial score (nSPS) is 11.5. The summed E-state index contributed by atoms with van der Waals surface area (Å²) in [7, 11) is 1.61. The van der Waals surface area contributed by atoms with E-state index in [0.29, 0.717) is 41.8 Å². The molecule has 0 aromatic heterocycles. The maximum absolute atomic E-state index is 13.1. The highest BCUT2D eigenvalue weighted by Crippen LogP contribution is 2.24. The van der Waals surface area contributed by atoms with Gasteiger partial charge in [0.05, 0.1) is 13.7 Å². The van der Waals surface area contributed by atoms with Gasteiger partial charge in [0.1, 0.15) is 17.5 Å². The largest absolute Gasteiger partial charge is 0.497 e. The lowest BCUT2D eigenvalue weighted by Gasteiger charge is -2.31. The summed E-state index contributed by atoms with van der Waals surface area (Å²) in [6.45, 7) is 4.84. The number of halogens is 2. The third-order valence-electron chi connectivity index (χ3n) is 4.96. The number of benzene rings is 2. The van der Waals surface area contributed by atoms with E-state index in [4.69, 9.17) is 32.7 Å². The molecule has 2 rings (SSSR count). The van der Waals surface area contributed by atoms with E-state index in [9.17, 15) is 9.59 Å². The molecule has 0 spiro atoms. The SMILES string of the molecule is CCNC(=O)[C@H](CC)N(Cc1ccc(Cl)cc1Cl)C(=O)CCCOc1ccc(OC)cc1. The van der Waals surface area contributed by atoms with E-state index >= 15 is 0 Å². The van der Waals surface area contributed by atoms with Crippen LogP contribution in [0.5, 0.6) is 11.5 Å². The highest BCUT2D eigenvalue weighted by Gasteiger charge is 2.28. The van der Waals surface area contributed by atoms with Crippen LogP contribution >= 0.6 is 23.2 Å². The number of hydrogen-bond acceptors (Lipinski definition) is 4. The predicted octanol–water partition coefficient (Wildman–Crippen LogP) is 5.10. The summed E-state index contributed by atoms with van der Waals surface area (Å²) in [5.41, 5.74) is 0.738. The zero-order chi connectivity index (χ0) is 23.5. The van der Waals surface area contributed by atoms with Crippen molar-refractivity contribution in [1.82, 2.24) is 10.2 Å². The molecule has 0 unspecified atom stereocenters. The third-order valence-corrected chi connectivity index (χ3v) is 5.54. The molecule has 0 heterocycles. The summed E-state index contributed by atoms with van der Waals surface area (Å²) in [6, 6.07) is 11.8. The lowest BCUT2D eigenvalue weighted by Crippen LogP contribution is -2.49. The van der Waals surface area contributed by atoms with Crippen molar-refractivity contribution in [2.75, 3.05) is 20.3 Å². The van der Waals surface area contributed by atoms with E-state index in [1.165, 1.54) is 0 Å². The summed E-state index contributed by atoms with van der Waals surface area (Å²) >= 11 is 12.3. The molecule has 8 heteroatoms. The number of nitrogens with one attached hydrogen (secondary N) is 1. The van der Waals surface area contributed by atoms with Gasteiger partial charge >= 0.3 is 0 Å². The van der Waals surface area contributed by atoms with Crippen LogP contribution in [0.1, 0.15) is 38.7 Å². The molecule has 174 valence electrons. The molecule has 0 saturated carbocycles. The number of methoxy groups -OCH3 is 1. The van der Waals surface area contributed by atoms with Crippen LogP contribution in [-0.2, 0) is 16.1 Å². The highest BCUT2D eigenvalue weighted by molar-refractivity contribution is 6.35. The number of hydrogen-bond donors (Lipinski definition) is 1. The van der Waals surface area contributed by atoms with Crippen LogP contribution in [-0.4, -0.2) is 43.0 Å². The van der Waals surface area contributed by atoms with Crippen molar-refractivity contribution in [2.24, 2.45) is 0 Å². The standard InChI is InChI=1S/C24H30Cl2N2O4/c1-4-22(24(30)27-5-2)28(16-17-8-9-18(25)15-21(17)26)23(29)7-6-14-32-20-12-10-19(31-3)11-13-20/h8-13,15,22H,4-7,14,16H2,1-3H3,(H,27,30)/t22-/m0/s1. The molecule has 0 aliphatic rings. The molecule has 0 fully saturated rings. The van der Waals surface area contributed by atoms with Crippen LogP contribution < -0.4 is 14.8 Å².